The Morgan fingerprint density at radius 1 is 1.00 bits per heavy atom. The SMILES string of the molecule is CCCC/C=C/CCCCCC(C)[O]. The van der Waals surface area contributed by atoms with Crippen molar-refractivity contribution in [2.75, 3.05) is 0 Å². The zero-order valence-corrected chi connectivity index (χ0v) is 9.80. The summed E-state index contributed by atoms with van der Waals surface area (Å²) in [5, 5.41) is 10.7. The smallest absolute Gasteiger partial charge is 0.0902 e. The zero-order valence-electron chi connectivity index (χ0n) is 9.80. The summed E-state index contributed by atoms with van der Waals surface area (Å²) in [6, 6.07) is 0. The van der Waals surface area contributed by atoms with Crippen molar-refractivity contribution in [2.24, 2.45) is 0 Å². The van der Waals surface area contributed by atoms with E-state index in [-0.39, 0.29) is 6.10 Å². The van der Waals surface area contributed by atoms with Gasteiger partial charge in [0.2, 0.25) is 0 Å². The molecule has 0 amide bonds. The van der Waals surface area contributed by atoms with Gasteiger partial charge in [-0.3, -0.25) is 0 Å². The van der Waals surface area contributed by atoms with Gasteiger partial charge in [0.25, 0.3) is 0 Å². The van der Waals surface area contributed by atoms with Gasteiger partial charge in [-0.15, -0.1) is 0 Å². The molecule has 0 bridgehead atoms. The predicted molar refractivity (Wildman–Crippen MR) is 61.9 cm³/mol. The molecule has 1 heteroatoms. The Bertz CT molecular complexity index is 127. The minimum atomic E-state index is -0.366. The molecule has 0 aliphatic rings. The number of unbranched alkanes of at least 4 members (excludes halogenated alkanes) is 5. The lowest BCUT2D eigenvalue weighted by Crippen LogP contribution is -1.95. The van der Waals surface area contributed by atoms with E-state index in [1.807, 2.05) is 0 Å². The van der Waals surface area contributed by atoms with Crippen molar-refractivity contribution >= 4 is 0 Å². The van der Waals surface area contributed by atoms with Gasteiger partial charge in [-0.1, -0.05) is 44.8 Å². The lowest BCUT2D eigenvalue weighted by atomic mass is 10.1. The molecule has 1 unspecified atom stereocenters. The maximum Gasteiger partial charge on any atom is 0.0902 e. The second kappa shape index (κ2) is 10.8. The number of hydrogen-bond donors (Lipinski definition) is 0. The highest BCUT2D eigenvalue weighted by Crippen LogP contribution is 2.06. The van der Waals surface area contributed by atoms with Crippen molar-refractivity contribution in [1.82, 2.24) is 0 Å². The predicted octanol–water partition coefficient (Wildman–Crippen LogP) is 4.50. The summed E-state index contributed by atoms with van der Waals surface area (Å²) in [6.07, 6.45) is 13.6. The number of rotatable bonds is 9. The molecular weight excluding hydrogens is 172 g/mol. The molecule has 0 saturated carbocycles. The van der Waals surface area contributed by atoms with E-state index in [0.29, 0.717) is 0 Å². The van der Waals surface area contributed by atoms with E-state index in [0.717, 1.165) is 12.8 Å². The highest BCUT2D eigenvalue weighted by molar-refractivity contribution is 4.81. The van der Waals surface area contributed by atoms with Crippen LogP contribution in [-0.4, -0.2) is 6.10 Å². The summed E-state index contributed by atoms with van der Waals surface area (Å²) < 4.78 is 0. The van der Waals surface area contributed by atoms with Gasteiger partial charge in [0, 0.05) is 0 Å². The van der Waals surface area contributed by atoms with Gasteiger partial charge in [-0.25, -0.2) is 5.11 Å². The molecule has 1 nitrogen and oxygen atoms in total. The Morgan fingerprint density at radius 3 is 2.21 bits per heavy atom. The van der Waals surface area contributed by atoms with Crippen LogP contribution in [0.15, 0.2) is 12.2 Å². The van der Waals surface area contributed by atoms with Crippen molar-refractivity contribution in [3.8, 4) is 0 Å². The van der Waals surface area contributed by atoms with Crippen molar-refractivity contribution in [3.63, 3.8) is 0 Å². The third-order valence-corrected chi connectivity index (χ3v) is 2.37. The van der Waals surface area contributed by atoms with Crippen LogP contribution in [0.3, 0.4) is 0 Å². The summed E-state index contributed by atoms with van der Waals surface area (Å²) in [5.74, 6) is 0. The third-order valence-electron chi connectivity index (χ3n) is 2.37. The maximum absolute atomic E-state index is 10.7. The van der Waals surface area contributed by atoms with E-state index < -0.39 is 0 Å². The van der Waals surface area contributed by atoms with Crippen LogP contribution in [0, 0.1) is 0 Å². The summed E-state index contributed by atoms with van der Waals surface area (Å²) >= 11 is 0. The Kier molecular flexibility index (Phi) is 10.5. The lowest BCUT2D eigenvalue weighted by molar-refractivity contribution is 0.0951. The maximum atomic E-state index is 10.7. The normalized spacial score (nSPS) is 13.6. The second-order valence-electron chi connectivity index (χ2n) is 4.06. The second-order valence-corrected chi connectivity index (χ2v) is 4.06. The highest BCUT2D eigenvalue weighted by Gasteiger charge is 1.95. The van der Waals surface area contributed by atoms with Crippen LogP contribution >= 0.6 is 0 Å². The minimum Gasteiger partial charge on any atom is -0.233 e. The van der Waals surface area contributed by atoms with Gasteiger partial charge in [-0.05, 0) is 32.6 Å². The molecule has 0 heterocycles. The van der Waals surface area contributed by atoms with E-state index in [9.17, 15) is 5.11 Å². The summed E-state index contributed by atoms with van der Waals surface area (Å²) in [4.78, 5) is 0. The van der Waals surface area contributed by atoms with E-state index in [1.165, 1.54) is 38.5 Å². The first kappa shape index (κ1) is 13.7. The standard InChI is InChI=1S/C13H25O/c1-3-4-5-6-7-8-9-10-11-12-13(2)14/h6-7,13H,3-5,8-12H2,1-2H3/b7-6+. The molecule has 0 aliphatic carbocycles. The van der Waals surface area contributed by atoms with Gasteiger partial charge in [-0.2, -0.15) is 0 Å². The van der Waals surface area contributed by atoms with E-state index in [4.69, 9.17) is 0 Å². The first-order valence-electron chi connectivity index (χ1n) is 6.08. The fraction of sp³-hybridized carbons (Fsp3) is 0.846. The molecule has 0 spiro atoms. The summed E-state index contributed by atoms with van der Waals surface area (Å²) in [7, 11) is 0. The van der Waals surface area contributed by atoms with Gasteiger partial charge >= 0.3 is 0 Å². The van der Waals surface area contributed by atoms with Crippen molar-refractivity contribution in [3.05, 3.63) is 12.2 Å². The quantitative estimate of drug-likeness (QED) is 0.383. The number of allylic oxidation sites excluding steroid dienone is 2. The van der Waals surface area contributed by atoms with Crippen LogP contribution in [-0.2, 0) is 5.11 Å². The van der Waals surface area contributed by atoms with E-state index in [2.05, 4.69) is 19.1 Å². The third kappa shape index (κ3) is 11.7. The molecule has 1 atom stereocenters. The Hall–Kier alpha value is -0.300. The van der Waals surface area contributed by atoms with Crippen molar-refractivity contribution < 1.29 is 5.11 Å². The van der Waals surface area contributed by atoms with Gasteiger partial charge < -0.3 is 0 Å². The van der Waals surface area contributed by atoms with Gasteiger partial charge in [0.15, 0.2) is 0 Å². The van der Waals surface area contributed by atoms with E-state index >= 15 is 0 Å². The molecule has 0 aromatic rings. The van der Waals surface area contributed by atoms with Crippen LogP contribution in [0.4, 0.5) is 0 Å². The molecule has 0 aliphatic heterocycles. The molecule has 0 aromatic heterocycles. The molecule has 0 N–H and O–H groups in total. The van der Waals surface area contributed by atoms with Crippen LogP contribution < -0.4 is 0 Å². The summed E-state index contributed by atoms with van der Waals surface area (Å²) in [6.45, 7) is 3.97. The largest absolute Gasteiger partial charge is 0.233 e. The highest BCUT2D eigenvalue weighted by atomic mass is 16.3. The molecule has 1 radical (unpaired) electrons. The zero-order chi connectivity index (χ0) is 10.6. The molecule has 0 rings (SSSR count). The minimum absolute atomic E-state index is 0.366. The average molecular weight is 197 g/mol. The van der Waals surface area contributed by atoms with Crippen molar-refractivity contribution in [2.45, 2.75) is 71.3 Å². The first-order valence-corrected chi connectivity index (χ1v) is 6.08. The van der Waals surface area contributed by atoms with Crippen LogP contribution in [0.5, 0.6) is 0 Å². The van der Waals surface area contributed by atoms with Gasteiger partial charge in [0.1, 0.15) is 0 Å². The number of hydrogen-bond acceptors (Lipinski definition) is 0. The van der Waals surface area contributed by atoms with Crippen LogP contribution in [0.1, 0.15) is 65.2 Å². The molecule has 0 saturated heterocycles. The molecule has 83 valence electrons. The molecule has 14 heavy (non-hydrogen) atoms. The fourth-order valence-corrected chi connectivity index (χ4v) is 1.43. The summed E-state index contributed by atoms with van der Waals surface area (Å²) in [5.41, 5.74) is 0. The first-order chi connectivity index (χ1) is 6.77. The van der Waals surface area contributed by atoms with Crippen LogP contribution in [0.2, 0.25) is 0 Å². The average Bonchev–Trinajstić information content (AvgIpc) is 2.15. The molecule has 0 aromatic carbocycles. The van der Waals surface area contributed by atoms with E-state index in [1.54, 1.807) is 6.92 Å². The fourth-order valence-electron chi connectivity index (χ4n) is 1.43. The topological polar surface area (TPSA) is 19.9 Å². The monoisotopic (exact) mass is 197 g/mol. The van der Waals surface area contributed by atoms with Crippen molar-refractivity contribution in [1.29, 1.82) is 0 Å². The Balaban J connectivity index is 3.01. The molecule has 0 fully saturated rings. The van der Waals surface area contributed by atoms with Gasteiger partial charge in [0.05, 0.1) is 6.10 Å². The molecular formula is C13H25O. The lowest BCUT2D eigenvalue weighted by Gasteiger charge is -2.00. The Labute approximate surface area is 89.2 Å². The Morgan fingerprint density at radius 2 is 1.64 bits per heavy atom. The van der Waals surface area contributed by atoms with Crippen LogP contribution in [0.25, 0.3) is 0 Å².